The lowest BCUT2D eigenvalue weighted by molar-refractivity contribution is 0.480. The molecule has 0 fully saturated rings. The maximum Gasteiger partial charge on any atom is 0.130 e. The second-order valence-electron chi connectivity index (χ2n) is 5.59. The average molecular weight is 292 g/mol. The lowest BCUT2D eigenvalue weighted by Crippen LogP contribution is -2.38. The van der Waals surface area contributed by atoms with Gasteiger partial charge < -0.3 is 5.11 Å². The molecule has 1 nitrogen and oxygen atoms in total. The first kappa shape index (κ1) is 14.2. The van der Waals surface area contributed by atoms with Crippen LogP contribution in [0.3, 0.4) is 0 Å². The van der Waals surface area contributed by atoms with E-state index in [0.29, 0.717) is 5.30 Å². The van der Waals surface area contributed by atoms with E-state index in [9.17, 15) is 9.50 Å². The first-order valence-corrected chi connectivity index (χ1v) is 10.7. The first-order chi connectivity index (χ1) is 8.88. The number of rotatable bonds is 3. The molecule has 0 spiro atoms. The summed E-state index contributed by atoms with van der Waals surface area (Å²) in [5, 5.41) is 12.7. The van der Waals surface area contributed by atoms with Crippen LogP contribution in [0.2, 0.25) is 19.6 Å². The Hall–Kier alpha value is -1.18. The molecule has 1 unspecified atom stereocenters. The molecule has 0 saturated carbocycles. The zero-order valence-corrected chi connectivity index (χ0v) is 13.4. The molecule has 0 aliphatic rings. The quantitative estimate of drug-likeness (QED) is 0.681. The molecule has 0 amide bonds. The van der Waals surface area contributed by atoms with Crippen molar-refractivity contribution in [3.8, 4) is 5.75 Å². The summed E-state index contributed by atoms with van der Waals surface area (Å²) in [6.07, 6.45) is 0. The summed E-state index contributed by atoms with van der Waals surface area (Å²) in [5.41, 5.74) is 0. The Morgan fingerprint density at radius 1 is 1.00 bits per heavy atom. The minimum atomic E-state index is -1.42. The van der Waals surface area contributed by atoms with Crippen molar-refractivity contribution in [1.29, 1.82) is 0 Å². The van der Waals surface area contributed by atoms with Gasteiger partial charge in [-0.15, -0.1) is 0 Å². The van der Waals surface area contributed by atoms with Crippen molar-refractivity contribution in [3.63, 3.8) is 0 Å². The van der Waals surface area contributed by atoms with Gasteiger partial charge >= 0.3 is 0 Å². The summed E-state index contributed by atoms with van der Waals surface area (Å²) in [6.45, 7) is 6.78. The summed E-state index contributed by atoms with van der Waals surface area (Å²) < 4.78 is 13.7. The van der Waals surface area contributed by atoms with Crippen molar-refractivity contribution >= 4 is 32.5 Å². The molecule has 100 valence electrons. The normalized spacial score (nSPS) is 12.2. The van der Waals surface area contributed by atoms with Crippen LogP contribution in [-0.4, -0.2) is 13.2 Å². The van der Waals surface area contributed by atoms with Crippen LogP contribution >= 0.6 is 8.58 Å². The van der Waals surface area contributed by atoms with Gasteiger partial charge in [-0.3, -0.25) is 0 Å². The highest BCUT2D eigenvalue weighted by molar-refractivity contribution is 7.55. The largest absolute Gasteiger partial charge is 0.507 e. The van der Waals surface area contributed by atoms with Crippen LogP contribution in [-0.2, 0) is 0 Å². The monoisotopic (exact) mass is 292 g/mol. The molecule has 0 aliphatic carbocycles. The third kappa shape index (κ3) is 3.43. The van der Waals surface area contributed by atoms with Crippen LogP contribution in [0.25, 0.3) is 0 Å². The van der Waals surface area contributed by atoms with Gasteiger partial charge in [0.25, 0.3) is 0 Å². The number of hydrogen-bond acceptors (Lipinski definition) is 1. The summed E-state index contributed by atoms with van der Waals surface area (Å²) >= 11 is 0. The van der Waals surface area contributed by atoms with Gasteiger partial charge in [0.05, 0.1) is 8.07 Å². The van der Waals surface area contributed by atoms with Crippen LogP contribution in [0.4, 0.5) is 4.39 Å². The van der Waals surface area contributed by atoms with Crippen molar-refractivity contribution in [2.45, 2.75) is 19.6 Å². The van der Waals surface area contributed by atoms with Gasteiger partial charge in [-0.05, 0) is 12.1 Å². The maximum atomic E-state index is 13.7. The van der Waals surface area contributed by atoms with Crippen LogP contribution in [0.5, 0.6) is 5.75 Å². The molecule has 0 aromatic heterocycles. The van der Waals surface area contributed by atoms with Gasteiger partial charge in [-0.25, -0.2) is 4.39 Å². The summed E-state index contributed by atoms with van der Waals surface area (Å²) in [7, 11) is -1.27. The Morgan fingerprint density at radius 3 is 2.32 bits per heavy atom. The predicted molar refractivity (Wildman–Crippen MR) is 85.1 cm³/mol. The Bertz CT molecular complexity index is 593. The lowest BCUT2D eigenvalue weighted by Gasteiger charge is -2.18. The first-order valence-electron chi connectivity index (χ1n) is 6.23. The fourth-order valence-electron chi connectivity index (χ4n) is 1.81. The topological polar surface area (TPSA) is 20.2 Å². The number of benzene rings is 2. The molecule has 0 heterocycles. The molecule has 2 aromatic rings. The Kier molecular flexibility index (Phi) is 4.07. The van der Waals surface area contributed by atoms with E-state index in [1.807, 2.05) is 18.2 Å². The van der Waals surface area contributed by atoms with Crippen molar-refractivity contribution in [3.05, 3.63) is 48.3 Å². The van der Waals surface area contributed by atoms with E-state index in [4.69, 9.17) is 0 Å². The molecule has 1 N–H and O–H groups in total. The summed E-state index contributed by atoms with van der Waals surface area (Å²) in [4.78, 5) is 0. The molecule has 0 aliphatic heterocycles. The Labute approximate surface area is 116 Å². The highest BCUT2D eigenvalue weighted by Gasteiger charge is 2.18. The van der Waals surface area contributed by atoms with Gasteiger partial charge in [-0.2, -0.15) is 0 Å². The second kappa shape index (κ2) is 5.44. The van der Waals surface area contributed by atoms with Gasteiger partial charge in [0, 0.05) is 10.6 Å². The van der Waals surface area contributed by atoms with E-state index < -0.39 is 8.07 Å². The molecule has 1 atom stereocenters. The smallest absolute Gasteiger partial charge is 0.130 e. The van der Waals surface area contributed by atoms with E-state index in [2.05, 4.69) is 19.6 Å². The fourth-order valence-corrected chi connectivity index (χ4v) is 4.23. The minimum absolute atomic E-state index is 0.147. The number of aromatic hydroxyl groups is 1. The highest BCUT2D eigenvalue weighted by atomic mass is 31.1. The van der Waals surface area contributed by atoms with Gasteiger partial charge in [0.15, 0.2) is 0 Å². The zero-order chi connectivity index (χ0) is 14.0. The summed E-state index contributed by atoms with van der Waals surface area (Å²) in [5.74, 6) is 0.0437. The number of hydrogen-bond donors (Lipinski definition) is 1. The fraction of sp³-hybridized carbons (Fsp3) is 0.200. The lowest BCUT2D eigenvalue weighted by atomic mass is 10.3. The predicted octanol–water partition coefficient (Wildman–Crippen LogP) is 2.71. The molecule has 19 heavy (non-hydrogen) atoms. The minimum Gasteiger partial charge on any atom is -0.507 e. The van der Waals surface area contributed by atoms with Gasteiger partial charge in [-0.1, -0.05) is 63.7 Å². The van der Waals surface area contributed by atoms with Crippen molar-refractivity contribution < 1.29 is 9.50 Å². The van der Waals surface area contributed by atoms with Crippen LogP contribution in [0.15, 0.2) is 42.5 Å². The summed E-state index contributed by atoms with van der Waals surface area (Å²) in [6, 6.07) is 12.5. The Morgan fingerprint density at radius 2 is 1.68 bits per heavy atom. The molecule has 0 bridgehead atoms. The maximum absolute atomic E-state index is 13.7. The SMILES string of the molecule is C[Si](C)(C)c1ccc(O)c(Pc2ccccc2F)c1. The molecular formula is C15H18FOPSi. The van der Waals surface area contributed by atoms with E-state index in [1.54, 1.807) is 18.2 Å². The van der Waals surface area contributed by atoms with Crippen molar-refractivity contribution in [2.75, 3.05) is 0 Å². The van der Waals surface area contributed by atoms with Crippen LogP contribution < -0.4 is 15.8 Å². The average Bonchev–Trinajstić information content (AvgIpc) is 2.33. The van der Waals surface area contributed by atoms with E-state index in [-0.39, 0.29) is 20.1 Å². The van der Waals surface area contributed by atoms with E-state index in [1.165, 1.54) is 11.3 Å². The van der Waals surface area contributed by atoms with Crippen molar-refractivity contribution in [2.24, 2.45) is 0 Å². The van der Waals surface area contributed by atoms with E-state index in [0.717, 1.165) is 5.30 Å². The van der Waals surface area contributed by atoms with Gasteiger partial charge in [0.1, 0.15) is 11.6 Å². The molecular weight excluding hydrogens is 274 g/mol. The van der Waals surface area contributed by atoms with Crippen LogP contribution in [0, 0.1) is 5.82 Å². The highest BCUT2D eigenvalue weighted by Crippen LogP contribution is 2.19. The second-order valence-corrected chi connectivity index (χ2v) is 12.0. The molecule has 0 saturated heterocycles. The third-order valence-electron chi connectivity index (χ3n) is 3.01. The Balaban J connectivity index is 2.38. The molecule has 0 radical (unpaired) electrons. The number of halogens is 1. The zero-order valence-electron chi connectivity index (χ0n) is 11.4. The van der Waals surface area contributed by atoms with E-state index >= 15 is 0 Å². The number of phenolic OH excluding ortho intramolecular Hbond substituents is 1. The van der Waals surface area contributed by atoms with Crippen molar-refractivity contribution in [1.82, 2.24) is 0 Å². The number of phenols is 1. The van der Waals surface area contributed by atoms with Gasteiger partial charge in [0.2, 0.25) is 0 Å². The molecule has 2 rings (SSSR count). The van der Waals surface area contributed by atoms with Crippen LogP contribution in [0.1, 0.15) is 0 Å². The third-order valence-corrected chi connectivity index (χ3v) is 6.39. The molecule has 2 aromatic carbocycles. The molecule has 4 heteroatoms. The standard InChI is InChI=1S/C15H18FOPSi/c1-19(2,3)11-8-9-13(17)15(10-11)18-14-7-5-4-6-12(14)16/h4-10,17-18H,1-3H3.